The molecule has 2 N–H and O–H groups in total. The fourth-order valence-electron chi connectivity index (χ4n) is 3.29. The van der Waals surface area contributed by atoms with Gasteiger partial charge in [0.05, 0.1) is 10.9 Å². The zero-order chi connectivity index (χ0) is 19.3. The second-order valence-corrected chi connectivity index (χ2v) is 6.45. The van der Waals surface area contributed by atoms with Gasteiger partial charge in [-0.25, -0.2) is 9.37 Å². The van der Waals surface area contributed by atoms with Crippen molar-refractivity contribution in [2.75, 3.05) is 7.05 Å². The van der Waals surface area contributed by atoms with Crippen LogP contribution in [-0.4, -0.2) is 27.5 Å². The number of aryl methyl sites for hydroxylation is 2. The third-order valence-corrected chi connectivity index (χ3v) is 4.73. The van der Waals surface area contributed by atoms with Gasteiger partial charge in [0, 0.05) is 25.9 Å². The first kappa shape index (κ1) is 17.0. The van der Waals surface area contributed by atoms with E-state index in [2.05, 4.69) is 15.3 Å². The number of nitrogens with zero attached hydrogens (tertiary/aromatic N) is 2. The number of carbonyl (C=O) groups excluding carboxylic acids is 1. The van der Waals surface area contributed by atoms with Crippen LogP contribution in [0.5, 0.6) is 0 Å². The number of amides is 1. The van der Waals surface area contributed by atoms with Crippen molar-refractivity contribution in [3.63, 3.8) is 0 Å². The van der Waals surface area contributed by atoms with Gasteiger partial charge in [-0.2, -0.15) is 0 Å². The molecular weight excluding hydrogens is 347 g/mol. The van der Waals surface area contributed by atoms with Crippen molar-refractivity contribution in [3.8, 4) is 11.4 Å². The van der Waals surface area contributed by atoms with Crippen LogP contribution in [0.4, 0.5) is 4.39 Å². The van der Waals surface area contributed by atoms with Crippen LogP contribution in [0.3, 0.4) is 0 Å². The Bertz CT molecular complexity index is 1270. The number of aromatic amines is 1. The molecule has 0 unspecified atom stereocenters. The molecule has 136 valence electrons. The van der Waals surface area contributed by atoms with Crippen molar-refractivity contribution >= 4 is 27.8 Å². The minimum Gasteiger partial charge on any atom is -0.358 e. The van der Waals surface area contributed by atoms with Crippen molar-refractivity contribution < 1.29 is 9.18 Å². The van der Waals surface area contributed by atoms with Gasteiger partial charge in [0.25, 0.3) is 5.91 Å². The SMILES string of the molecule is CNC(=O)c1c[nH]c2c(cc(F)c3c2nc(-c2ccc(C)cc2)n3C)c1=O. The molecule has 0 aliphatic heterocycles. The Morgan fingerprint density at radius 2 is 1.96 bits per heavy atom. The zero-order valence-electron chi connectivity index (χ0n) is 15.1. The summed E-state index contributed by atoms with van der Waals surface area (Å²) in [5.74, 6) is -0.502. The number of H-pyrrole nitrogens is 1. The van der Waals surface area contributed by atoms with Crippen LogP contribution in [0.1, 0.15) is 15.9 Å². The first-order valence-corrected chi connectivity index (χ1v) is 8.41. The molecule has 2 aromatic heterocycles. The van der Waals surface area contributed by atoms with Gasteiger partial charge in [-0.05, 0) is 13.0 Å². The molecule has 7 heteroatoms. The fraction of sp³-hybridized carbons (Fsp3) is 0.150. The van der Waals surface area contributed by atoms with Crippen molar-refractivity contribution in [2.45, 2.75) is 6.92 Å². The number of hydrogen-bond donors (Lipinski definition) is 2. The second-order valence-electron chi connectivity index (χ2n) is 6.45. The monoisotopic (exact) mass is 364 g/mol. The summed E-state index contributed by atoms with van der Waals surface area (Å²) in [6.45, 7) is 1.99. The van der Waals surface area contributed by atoms with Gasteiger partial charge in [0.2, 0.25) is 5.43 Å². The molecule has 0 radical (unpaired) electrons. The molecule has 2 aromatic carbocycles. The molecule has 27 heavy (non-hydrogen) atoms. The minimum absolute atomic E-state index is 0.0709. The molecule has 4 rings (SSSR count). The van der Waals surface area contributed by atoms with E-state index in [1.807, 2.05) is 31.2 Å². The largest absolute Gasteiger partial charge is 0.358 e. The van der Waals surface area contributed by atoms with E-state index in [9.17, 15) is 14.0 Å². The average Bonchev–Trinajstić information content (AvgIpc) is 3.01. The number of pyridine rings is 1. The minimum atomic E-state index is -0.564. The summed E-state index contributed by atoms with van der Waals surface area (Å²) >= 11 is 0. The molecule has 0 saturated heterocycles. The molecule has 1 amide bonds. The predicted molar refractivity (Wildman–Crippen MR) is 102 cm³/mol. The summed E-state index contributed by atoms with van der Waals surface area (Å²) < 4.78 is 16.5. The maximum atomic E-state index is 14.9. The number of fused-ring (bicyclic) bond motifs is 3. The highest BCUT2D eigenvalue weighted by atomic mass is 19.1. The van der Waals surface area contributed by atoms with Crippen LogP contribution < -0.4 is 10.7 Å². The number of nitrogens with one attached hydrogen (secondary N) is 2. The van der Waals surface area contributed by atoms with Gasteiger partial charge in [-0.1, -0.05) is 29.8 Å². The van der Waals surface area contributed by atoms with Crippen molar-refractivity contribution in [1.29, 1.82) is 0 Å². The number of aromatic nitrogens is 3. The van der Waals surface area contributed by atoms with Crippen molar-refractivity contribution in [1.82, 2.24) is 19.9 Å². The molecule has 0 spiro atoms. The van der Waals surface area contributed by atoms with Crippen LogP contribution >= 0.6 is 0 Å². The van der Waals surface area contributed by atoms with E-state index in [1.165, 1.54) is 13.2 Å². The molecule has 6 nitrogen and oxygen atoms in total. The number of imidazole rings is 1. The third-order valence-electron chi connectivity index (χ3n) is 4.73. The van der Waals surface area contributed by atoms with E-state index >= 15 is 0 Å². The van der Waals surface area contributed by atoms with Gasteiger partial charge in [0.15, 0.2) is 0 Å². The van der Waals surface area contributed by atoms with E-state index in [0.29, 0.717) is 22.4 Å². The fourth-order valence-corrected chi connectivity index (χ4v) is 3.29. The zero-order valence-corrected chi connectivity index (χ0v) is 15.1. The summed E-state index contributed by atoms with van der Waals surface area (Å²) in [7, 11) is 3.17. The number of carbonyl (C=O) groups is 1. The van der Waals surface area contributed by atoms with Crippen molar-refractivity contribution in [2.24, 2.45) is 7.05 Å². The number of benzene rings is 2. The third kappa shape index (κ3) is 2.51. The predicted octanol–water partition coefficient (Wildman–Crippen LogP) is 2.89. The Morgan fingerprint density at radius 3 is 2.63 bits per heavy atom. The Labute approximate surface area is 153 Å². The van der Waals surface area contributed by atoms with Crippen LogP contribution in [0.15, 0.2) is 41.3 Å². The molecule has 0 aliphatic carbocycles. The maximum Gasteiger partial charge on any atom is 0.256 e. The first-order chi connectivity index (χ1) is 12.9. The summed E-state index contributed by atoms with van der Waals surface area (Å²) in [6.07, 6.45) is 1.33. The van der Waals surface area contributed by atoms with Gasteiger partial charge in [0.1, 0.15) is 28.2 Å². The van der Waals surface area contributed by atoms with E-state index < -0.39 is 17.2 Å². The Morgan fingerprint density at radius 1 is 1.26 bits per heavy atom. The molecular formula is C20H17FN4O2. The van der Waals surface area contributed by atoms with Crippen LogP contribution in [-0.2, 0) is 7.05 Å². The summed E-state index contributed by atoms with van der Waals surface area (Å²) in [5, 5.41) is 2.50. The number of rotatable bonds is 2. The van der Waals surface area contributed by atoms with E-state index in [4.69, 9.17) is 0 Å². The quantitative estimate of drug-likeness (QED) is 0.574. The Balaban J connectivity index is 2.06. The Hall–Kier alpha value is -3.48. The summed E-state index contributed by atoms with van der Waals surface area (Å²) in [4.78, 5) is 32.0. The molecule has 2 heterocycles. The molecule has 4 aromatic rings. The maximum absolute atomic E-state index is 14.9. The summed E-state index contributed by atoms with van der Waals surface area (Å²) in [5.41, 5.74) is 2.39. The number of hydrogen-bond acceptors (Lipinski definition) is 3. The smallest absolute Gasteiger partial charge is 0.256 e. The van der Waals surface area contributed by atoms with E-state index in [-0.39, 0.29) is 10.9 Å². The highest BCUT2D eigenvalue weighted by Gasteiger charge is 2.20. The topological polar surface area (TPSA) is 79.8 Å². The lowest BCUT2D eigenvalue weighted by Gasteiger charge is -2.05. The lowest BCUT2D eigenvalue weighted by atomic mass is 10.1. The first-order valence-electron chi connectivity index (χ1n) is 8.41. The standard InChI is InChI=1S/C20H17FN4O2/c1-10-4-6-11(7-5-10)19-24-16-15-12(8-14(21)17(16)25(19)3)18(26)13(9-23-15)20(27)22-2/h4-9H,1-3H3,(H,22,27)(H,23,26). The van der Waals surface area contributed by atoms with Crippen LogP contribution in [0.2, 0.25) is 0 Å². The van der Waals surface area contributed by atoms with Crippen LogP contribution in [0, 0.1) is 12.7 Å². The van der Waals surface area contributed by atoms with Gasteiger partial charge in [-0.3, -0.25) is 9.59 Å². The lowest BCUT2D eigenvalue weighted by Crippen LogP contribution is -2.25. The molecule has 0 atom stereocenters. The van der Waals surface area contributed by atoms with E-state index in [1.54, 1.807) is 11.6 Å². The van der Waals surface area contributed by atoms with E-state index in [0.717, 1.165) is 17.2 Å². The summed E-state index contributed by atoms with van der Waals surface area (Å²) in [6, 6.07) is 8.91. The van der Waals surface area contributed by atoms with Gasteiger partial charge in [-0.15, -0.1) is 0 Å². The highest BCUT2D eigenvalue weighted by molar-refractivity contribution is 6.05. The molecule has 0 saturated carbocycles. The van der Waals surface area contributed by atoms with Gasteiger partial charge < -0.3 is 14.9 Å². The highest BCUT2D eigenvalue weighted by Crippen LogP contribution is 2.29. The average molecular weight is 364 g/mol. The Kier molecular flexibility index (Phi) is 3.80. The van der Waals surface area contributed by atoms with Crippen LogP contribution in [0.25, 0.3) is 33.3 Å². The van der Waals surface area contributed by atoms with Gasteiger partial charge >= 0.3 is 0 Å². The molecule has 0 bridgehead atoms. The molecule has 0 aliphatic rings. The lowest BCUT2D eigenvalue weighted by molar-refractivity contribution is 0.0962. The normalized spacial score (nSPS) is 11.3. The second kappa shape index (κ2) is 6.05. The molecule has 0 fully saturated rings. The van der Waals surface area contributed by atoms with Crippen molar-refractivity contribution in [3.05, 3.63) is 63.7 Å². The number of halogens is 1.